The Bertz CT molecular complexity index is 666. The summed E-state index contributed by atoms with van der Waals surface area (Å²) in [6.45, 7) is 2.57. The number of nitrogens with one attached hydrogen (secondary N) is 2. The summed E-state index contributed by atoms with van der Waals surface area (Å²) in [5.41, 5.74) is 0.865. The van der Waals surface area contributed by atoms with Crippen molar-refractivity contribution in [1.29, 1.82) is 0 Å². The van der Waals surface area contributed by atoms with E-state index in [1.165, 1.54) is 6.07 Å². The van der Waals surface area contributed by atoms with Crippen molar-refractivity contribution in [3.05, 3.63) is 46.0 Å². The van der Waals surface area contributed by atoms with Crippen LogP contribution in [0.2, 0.25) is 0 Å². The van der Waals surface area contributed by atoms with Crippen LogP contribution in [0.3, 0.4) is 0 Å². The number of ether oxygens (including phenoxy) is 2. The van der Waals surface area contributed by atoms with Crippen LogP contribution < -0.4 is 20.3 Å². The number of hydrogen-bond donors (Lipinski definition) is 2. The fourth-order valence-corrected chi connectivity index (χ4v) is 1.91. The number of aromatic nitrogens is 2. The first kappa shape index (κ1) is 11.6. The summed E-state index contributed by atoms with van der Waals surface area (Å²) in [7, 11) is 0. The van der Waals surface area contributed by atoms with E-state index in [0.717, 1.165) is 17.1 Å². The van der Waals surface area contributed by atoms with Gasteiger partial charge in [0.15, 0.2) is 11.5 Å². The molecule has 0 radical (unpaired) electrons. The molecule has 6 nitrogen and oxygen atoms in total. The average molecular weight is 259 g/mol. The molecule has 0 atom stereocenters. The molecule has 0 unspecified atom stereocenters. The van der Waals surface area contributed by atoms with Crippen molar-refractivity contribution < 1.29 is 9.47 Å². The van der Waals surface area contributed by atoms with Crippen LogP contribution in [-0.4, -0.2) is 16.8 Å². The van der Waals surface area contributed by atoms with Gasteiger partial charge in [0.05, 0.1) is 0 Å². The minimum Gasteiger partial charge on any atom is -0.454 e. The van der Waals surface area contributed by atoms with Crippen molar-refractivity contribution >= 4 is 5.82 Å². The Labute approximate surface area is 109 Å². The van der Waals surface area contributed by atoms with Gasteiger partial charge >= 0.3 is 0 Å². The molecule has 2 aromatic rings. The number of aryl methyl sites for hydroxylation is 1. The number of hydrogen-bond acceptors (Lipinski definition) is 5. The van der Waals surface area contributed by atoms with Gasteiger partial charge in [0, 0.05) is 12.6 Å². The highest BCUT2D eigenvalue weighted by Crippen LogP contribution is 2.32. The van der Waals surface area contributed by atoms with Gasteiger partial charge in [-0.2, -0.15) is 0 Å². The van der Waals surface area contributed by atoms with Crippen molar-refractivity contribution in [3.63, 3.8) is 0 Å². The second-order valence-corrected chi connectivity index (χ2v) is 4.26. The third-order valence-electron chi connectivity index (χ3n) is 2.77. The largest absolute Gasteiger partial charge is 0.454 e. The molecule has 0 spiro atoms. The summed E-state index contributed by atoms with van der Waals surface area (Å²) >= 11 is 0. The maximum Gasteiger partial charge on any atom is 0.252 e. The second kappa shape index (κ2) is 4.64. The van der Waals surface area contributed by atoms with Gasteiger partial charge in [-0.05, 0) is 24.6 Å². The summed E-state index contributed by atoms with van der Waals surface area (Å²) in [5.74, 6) is 2.64. The van der Waals surface area contributed by atoms with Crippen LogP contribution in [-0.2, 0) is 6.54 Å². The molecule has 2 heterocycles. The van der Waals surface area contributed by atoms with Crippen LogP contribution in [0.4, 0.5) is 5.82 Å². The maximum absolute atomic E-state index is 11.3. The molecule has 2 N–H and O–H groups in total. The summed E-state index contributed by atoms with van der Waals surface area (Å²) < 4.78 is 10.6. The Morgan fingerprint density at radius 2 is 2.16 bits per heavy atom. The number of nitrogens with zero attached hydrogens (tertiary/aromatic N) is 1. The molecule has 6 heteroatoms. The fourth-order valence-electron chi connectivity index (χ4n) is 1.91. The lowest BCUT2D eigenvalue weighted by Crippen LogP contribution is -2.11. The predicted octanol–water partition coefficient (Wildman–Crippen LogP) is 1.42. The van der Waals surface area contributed by atoms with Gasteiger partial charge < -0.3 is 19.8 Å². The molecule has 0 bridgehead atoms. The Kier molecular flexibility index (Phi) is 2.83. The van der Waals surface area contributed by atoms with Crippen molar-refractivity contribution in [1.82, 2.24) is 9.97 Å². The quantitative estimate of drug-likeness (QED) is 0.871. The first-order valence-corrected chi connectivity index (χ1v) is 5.91. The molecular formula is C13H13N3O3. The van der Waals surface area contributed by atoms with E-state index in [-0.39, 0.29) is 12.4 Å². The van der Waals surface area contributed by atoms with Gasteiger partial charge in [-0.1, -0.05) is 6.07 Å². The Hall–Kier alpha value is -2.50. The number of aromatic amines is 1. The van der Waals surface area contributed by atoms with Crippen molar-refractivity contribution in [2.75, 3.05) is 12.1 Å². The van der Waals surface area contributed by atoms with Crippen LogP contribution in [0, 0.1) is 6.92 Å². The average Bonchev–Trinajstić information content (AvgIpc) is 2.82. The normalized spacial score (nSPS) is 12.5. The van der Waals surface area contributed by atoms with Gasteiger partial charge in [0.1, 0.15) is 11.6 Å². The van der Waals surface area contributed by atoms with Crippen molar-refractivity contribution in [3.8, 4) is 11.5 Å². The number of benzene rings is 1. The van der Waals surface area contributed by atoms with Gasteiger partial charge in [-0.25, -0.2) is 4.98 Å². The third-order valence-corrected chi connectivity index (χ3v) is 2.77. The molecule has 19 heavy (non-hydrogen) atoms. The van der Waals surface area contributed by atoms with Gasteiger partial charge in [0.25, 0.3) is 5.56 Å². The van der Waals surface area contributed by atoms with Crippen LogP contribution in [0.5, 0.6) is 11.5 Å². The monoisotopic (exact) mass is 259 g/mol. The molecule has 0 aliphatic carbocycles. The first-order valence-electron chi connectivity index (χ1n) is 5.91. The first-order chi connectivity index (χ1) is 9.20. The lowest BCUT2D eigenvalue weighted by atomic mass is 10.2. The predicted molar refractivity (Wildman–Crippen MR) is 69.5 cm³/mol. The van der Waals surface area contributed by atoms with E-state index in [2.05, 4.69) is 15.3 Å². The van der Waals surface area contributed by atoms with Crippen LogP contribution in [0.1, 0.15) is 11.4 Å². The fraction of sp³-hybridized carbons (Fsp3) is 0.231. The highest BCUT2D eigenvalue weighted by atomic mass is 16.7. The zero-order chi connectivity index (χ0) is 13.2. The van der Waals surface area contributed by atoms with Crippen molar-refractivity contribution in [2.24, 2.45) is 0 Å². The second-order valence-electron chi connectivity index (χ2n) is 4.26. The van der Waals surface area contributed by atoms with E-state index < -0.39 is 0 Å². The van der Waals surface area contributed by atoms with Gasteiger partial charge in [0.2, 0.25) is 6.79 Å². The number of anilines is 1. The van der Waals surface area contributed by atoms with Gasteiger partial charge in [-0.3, -0.25) is 4.79 Å². The highest BCUT2D eigenvalue weighted by molar-refractivity contribution is 5.45. The molecule has 98 valence electrons. The standard InChI is InChI=1S/C13H13N3O3/c1-8-15-12(5-13(17)16-8)14-6-9-2-3-10-11(4-9)19-7-18-10/h2-5H,6-7H2,1H3,(H2,14,15,16,17). The number of rotatable bonds is 3. The topological polar surface area (TPSA) is 76.2 Å². The Morgan fingerprint density at radius 1 is 1.32 bits per heavy atom. The Morgan fingerprint density at radius 3 is 3.00 bits per heavy atom. The van der Waals surface area contributed by atoms with E-state index in [1.807, 2.05) is 18.2 Å². The van der Waals surface area contributed by atoms with E-state index >= 15 is 0 Å². The Balaban J connectivity index is 1.74. The zero-order valence-corrected chi connectivity index (χ0v) is 10.4. The molecule has 1 aromatic carbocycles. The van der Waals surface area contributed by atoms with Crippen molar-refractivity contribution in [2.45, 2.75) is 13.5 Å². The van der Waals surface area contributed by atoms with Crippen LogP contribution in [0.15, 0.2) is 29.1 Å². The summed E-state index contributed by atoms with van der Waals surface area (Å²) in [5, 5.41) is 3.11. The minimum absolute atomic E-state index is 0.166. The summed E-state index contributed by atoms with van der Waals surface area (Å²) in [6, 6.07) is 7.16. The molecular weight excluding hydrogens is 246 g/mol. The van der Waals surface area contributed by atoms with E-state index in [9.17, 15) is 4.79 Å². The van der Waals surface area contributed by atoms with Crippen LogP contribution in [0.25, 0.3) is 0 Å². The van der Waals surface area contributed by atoms with E-state index in [0.29, 0.717) is 18.2 Å². The van der Waals surface area contributed by atoms with E-state index in [4.69, 9.17) is 9.47 Å². The van der Waals surface area contributed by atoms with Gasteiger partial charge in [-0.15, -0.1) is 0 Å². The lowest BCUT2D eigenvalue weighted by Gasteiger charge is -2.06. The molecule has 1 aromatic heterocycles. The SMILES string of the molecule is Cc1nc(NCc2ccc3c(c2)OCO3)cc(=O)[nH]1. The maximum atomic E-state index is 11.3. The molecule has 0 saturated heterocycles. The summed E-state index contributed by atoms with van der Waals surface area (Å²) in [6.07, 6.45) is 0. The molecule has 1 aliphatic rings. The zero-order valence-electron chi connectivity index (χ0n) is 10.4. The lowest BCUT2D eigenvalue weighted by molar-refractivity contribution is 0.174. The third kappa shape index (κ3) is 2.52. The number of H-pyrrole nitrogens is 1. The molecule has 0 fully saturated rings. The van der Waals surface area contributed by atoms with Crippen LogP contribution >= 0.6 is 0 Å². The summed E-state index contributed by atoms with van der Waals surface area (Å²) in [4.78, 5) is 18.1. The molecule has 0 saturated carbocycles. The smallest absolute Gasteiger partial charge is 0.252 e. The molecule has 3 rings (SSSR count). The molecule has 1 aliphatic heterocycles. The minimum atomic E-state index is -0.166. The number of fused-ring (bicyclic) bond motifs is 1. The highest BCUT2D eigenvalue weighted by Gasteiger charge is 2.12. The molecule has 0 amide bonds. The van der Waals surface area contributed by atoms with E-state index in [1.54, 1.807) is 6.92 Å².